The highest BCUT2D eigenvalue weighted by Crippen LogP contribution is 2.50. The molecule has 1 aliphatic rings. The van der Waals surface area contributed by atoms with Crippen molar-refractivity contribution < 1.29 is 0 Å². The Balaban J connectivity index is 2.06. The van der Waals surface area contributed by atoms with E-state index >= 15 is 0 Å². The Labute approximate surface area is 112 Å². The van der Waals surface area contributed by atoms with Gasteiger partial charge in [0.25, 0.3) is 0 Å². The molecule has 0 amide bonds. The maximum absolute atomic E-state index is 5.78. The van der Waals surface area contributed by atoms with E-state index in [-0.39, 0.29) is 5.41 Å². The fourth-order valence-corrected chi connectivity index (χ4v) is 3.95. The molecular formula is C15H18N2S. The van der Waals surface area contributed by atoms with Gasteiger partial charge in [-0.1, -0.05) is 36.8 Å². The summed E-state index contributed by atoms with van der Waals surface area (Å²) >= 11 is 1.80. The van der Waals surface area contributed by atoms with Crippen LogP contribution in [0.1, 0.15) is 40.4 Å². The normalized spacial score (nSPS) is 17.4. The number of aromatic nitrogens is 1. The number of rotatable bonds is 3. The Morgan fingerprint density at radius 1 is 1.28 bits per heavy atom. The average Bonchev–Trinajstić information content (AvgIpc) is 2.71. The highest BCUT2D eigenvalue weighted by atomic mass is 32.1. The maximum atomic E-state index is 5.78. The first-order valence-electron chi connectivity index (χ1n) is 6.49. The second-order valence-electron chi connectivity index (χ2n) is 5.03. The lowest BCUT2D eigenvalue weighted by atomic mass is 9.65. The third kappa shape index (κ3) is 1.70. The highest BCUT2D eigenvalue weighted by molar-refractivity contribution is 7.12. The van der Waals surface area contributed by atoms with Crippen LogP contribution in [0.3, 0.4) is 0 Å². The summed E-state index contributed by atoms with van der Waals surface area (Å²) in [5.74, 6) is 0. The monoisotopic (exact) mass is 258 g/mol. The van der Waals surface area contributed by atoms with Gasteiger partial charge >= 0.3 is 0 Å². The van der Waals surface area contributed by atoms with Gasteiger partial charge < -0.3 is 5.73 Å². The molecule has 0 radical (unpaired) electrons. The molecule has 2 N–H and O–H groups in total. The van der Waals surface area contributed by atoms with Crippen LogP contribution >= 0.6 is 11.3 Å². The second-order valence-corrected chi connectivity index (χ2v) is 6.12. The second kappa shape index (κ2) is 4.48. The summed E-state index contributed by atoms with van der Waals surface area (Å²) < 4.78 is 0. The van der Waals surface area contributed by atoms with Crippen LogP contribution in [0.2, 0.25) is 0 Å². The first-order chi connectivity index (χ1) is 8.76. The molecule has 0 bridgehead atoms. The molecule has 1 aromatic carbocycles. The van der Waals surface area contributed by atoms with E-state index in [0.717, 1.165) is 5.69 Å². The first-order valence-corrected chi connectivity index (χ1v) is 7.30. The van der Waals surface area contributed by atoms with Crippen molar-refractivity contribution in [3.8, 4) is 0 Å². The molecular weight excluding hydrogens is 240 g/mol. The van der Waals surface area contributed by atoms with Gasteiger partial charge in [-0.05, 0) is 25.3 Å². The first kappa shape index (κ1) is 11.9. The molecule has 1 aliphatic carbocycles. The highest BCUT2D eigenvalue weighted by Gasteiger charge is 2.43. The van der Waals surface area contributed by atoms with Crippen LogP contribution in [0, 0.1) is 6.92 Å². The molecule has 0 atom stereocenters. The lowest BCUT2D eigenvalue weighted by Gasteiger charge is -2.40. The van der Waals surface area contributed by atoms with Crippen molar-refractivity contribution in [2.24, 2.45) is 5.73 Å². The minimum Gasteiger partial charge on any atom is -0.326 e. The van der Waals surface area contributed by atoms with Gasteiger partial charge in [0.1, 0.15) is 5.01 Å². The molecule has 2 nitrogen and oxygen atoms in total. The van der Waals surface area contributed by atoms with Crippen molar-refractivity contribution in [1.82, 2.24) is 4.98 Å². The van der Waals surface area contributed by atoms with E-state index in [4.69, 9.17) is 10.7 Å². The molecule has 2 aromatic rings. The Kier molecular flexibility index (Phi) is 2.96. The molecule has 3 heteroatoms. The smallest absolute Gasteiger partial charge is 0.104 e. The van der Waals surface area contributed by atoms with Crippen LogP contribution < -0.4 is 5.73 Å². The van der Waals surface area contributed by atoms with Crippen molar-refractivity contribution in [2.45, 2.75) is 38.1 Å². The van der Waals surface area contributed by atoms with Gasteiger partial charge in [0.05, 0.1) is 5.69 Å². The third-order valence-electron chi connectivity index (χ3n) is 4.02. The van der Waals surface area contributed by atoms with Crippen LogP contribution in [0.25, 0.3) is 0 Å². The van der Waals surface area contributed by atoms with E-state index in [2.05, 4.69) is 37.3 Å². The summed E-state index contributed by atoms with van der Waals surface area (Å²) in [6.07, 6.45) is 3.73. The molecule has 3 rings (SSSR count). The van der Waals surface area contributed by atoms with Crippen molar-refractivity contribution >= 4 is 11.3 Å². The Morgan fingerprint density at radius 2 is 2.00 bits per heavy atom. The summed E-state index contributed by atoms with van der Waals surface area (Å²) in [7, 11) is 0. The quantitative estimate of drug-likeness (QED) is 0.916. The summed E-state index contributed by atoms with van der Waals surface area (Å²) in [5, 5.41) is 1.26. The molecule has 0 aliphatic heterocycles. The van der Waals surface area contributed by atoms with Gasteiger partial charge in [0, 0.05) is 16.8 Å². The van der Waals surface area contributed by atoms with Crippen molar-refractivity contribution in [3.05, 3.63) is 51.5 Å². The zero-order chi connectivity index (χ0) is 12.6. The lowest BCUT2D eigenvalue weighted by molar-refractivity contribution is 0.300. The predicted molar refractivity (Wildman–Crippen MR) is 75.8 cm³/mol. The van der Waals surface area contributed by atoms with Crippen LogP contribution in [0.4, 0.5) is 0 Å². The Morgan fingerprint density at radius 3 is 2.50 bits per heavy atom. The van der Waals surface area contributed by atoms with Gasteiger partial charge in [0.15, 0.2) is 0 Å². The lowest BCUT2D eigenvalue weighted by Crippen LogP contribution is -2.35. The van der Waals surface area contributed by atoms with E-state index in [1.807, 2.05) is 0 Å². The zero-order valence-electron chi connectivity index (χ0n) is 10.6. The number of hydrogen-bond donors (Lipinski definition) is 1. The topological polar surface area (TPSA) is 38.9 Å². The predicted octanol–water partition coefficient (Wildman–Crippen LogP) is 3.38. The molecule has 1 aromatic heterocycles. The molecule has 94 valence electrons. The largest absolute Gasteiger partial charge is 0.326 e. The van der Waals surface area contributed by atoms with Crippen LogP contribution in [0.15, 0.2) is 30.3 Å². The zero-order valence-corrected chi connectivity index (χ0v) is 11.5. The molecule has 1 heterocycles. The standard InChI is InChI=1S/C15H18N2S/c1-11-13(10-16)18-14(17-11)15(8-5-9-15)12-6-3-2-4-7-12/h2-4,6-7H,5,8-10,16H2,1H3. The van der Waals surface area contributed by atoms with E-state index in [0.29, 0.717) is 6.54 Å². The molecule has 0 unspecified atom stereocenters. The van der Waals surface area contributed by atoms with Crippen molar-refractivity contribution in [2.75, 3.05) is 0 Å². The minimum atomic E-state index is 0.171. The molecule has 0 saturated heterocycles. The van der Waals surface area contributed by atoms with Gasteiger partial charge in [0.2, 0.25) is 0 Å². The number of nitrogens with two attached hydrogens (primary N) is 1. The Hall–Kier alpha value is -1.19. The minimum absolute atomic E-state index is 0.171. The van der Waals surface area contributed by atoms with Crippen LogP contribution in [-0.4, -0.2) is 4.98 Å². The SMILES string of the molecule is Cc1nc(C2(c3ccccc3)CCC2)sc1CN. The summed E-state index contributed by atoms with van der Waals surface area (Å²) in [5.41, 5.74) is 8.47. The van der Waals surface area contributed by atoms with Gasteiger partial charge in [-0.25, -0.2) is 4.98 Å². The number of nitrogens with zero attached hydrogens (tertiary/aromatic N) is 1. The van der Waals surface area contributed by atoms with E-state index < -0.39 is 0 Å². The van der Waals surface area contributed by atoms with Crippen LogP contribution in [0.5, 0.6) is 0 Å². The van der Waals surface area contributed by atoms with Gasteiger partial charge in [-0.2, -0.15) is 0 Å². The van der Waals surface area contributed by atoms with E-state index in [1.165, 1.54) is 34.7 Å². The summed E-state index contributed by atoms with van der Waals surface area (Å²) in [6, 6.07) is 10.8. The van der Waals surface area contributed by atoms with E-state index in [1.54, 1.807) is 11.3 Å². The van der Waals surface area contributed by atoms with Crippen molar-refractivity contribution in [1.29, 1.82) is 0 Å². The third-order valence-corrected chi connectivity index (χ3v) is 5.40. The van der Waals surface area contributed by atoms with E-state index in [9.17, 15) is 0 Å². The van der Waals surface area contributed by atoms with Crippen LogP contribution in [-0.2, 0) is 12.0 Å². The molecule has 18 heavy (non-hydrogen) atoms. The average molecular weight is 258 g/mol. The molecule has 1 saturated carbocycles. The van der Waals surface area contributed by atoms with Gasteiger partial charge in [-0.3, -0.25) is 0 Å². The number of hydrogen-bond acceptors (Lipinski definition) is 3. The molecule has 0 spiro atoms. The number of aryl methyl sites for hydroxylation is 1. The number of thiazole rings is 1. The molecule has 1 fully saturated rings. The van der Waals surface area contributed by atoms with Gasteiger partial charge in [-0.15, -0.1) is 11.3 Å². The summed E-state index contributed by atoms with van der Waals surface area (Å²) in [6.45, 7) is 2.67. The fraction of sp³-hybridized carbons (Fsp3) is 0.400. The Bertz CT molecular complexity index is 541. The van der Waals surface area contributed by atoms with Crippen molar-refractivity contribution in [3.63, 3.8) is 0 Å². The maximum Gasteiger partial charge on any atom is 0.104 e. The number of benzene rings is 1. The fourth-order valence-electron chi connectivity index (χ4n) is 2.74. The summed E-state index contributed by atoms with van der Waals surface area (Å²) in [4.78, 5) is 6.02.